The highest BCUT2D eigenvalue weighted by Crippen LogP contribution is 2.58. The van der Waals surface area contributed by atoms with E-state index in [-0.39, 0.29) is 46.0 Å². The van der Waals surface area contributed by atoms with Gasteiger partial charge in [-0.25, -0.2) is 4.79 Å². The molecule has 1 fully saturated rings. The van der Waals surface area contributed by atoms with Gasteiger partial charge in [-0.3, -0.25) is 4.79 Å². The fourth-order valence-electron chi connectivity index (χ4n) is 5.22. The van der Waals surface area contributed by atoms with Gasteiger partial charge in [0.05, 0.1) is 12.2 Å². The summed E-state index contributed by atoms with van der Waals surface area (Å²) in [7, 11) is 0. The average Bonchev–Trinajstić information content (AvgIpc) is 2.56. The monoisotopic (exact) mass is 356 g/mol. The molecule has 1 N–H and O–H groups in total. The van der Waals surface area contributed by atoms with Crippen LogP contribution in [0.15, 0.2) is 18.7 Å². The molecule has 0 aromatic heterocycles. The number of ketones is 1. The summed E-state index contributed by atoms with van der Waals surface area (Å²) in [5.41, 5.74) is 1.61. The minimum Gasteiger partial charge on any atom is -0.507 e. The van der Waals surface area contributed by atoms with E-state index in [4.69, 9.17) is 4.74 Å². The topological polar surface area (TPSA) is 63.6 Å². The summed E-state index contributed by atoms with van der Waals surface area (Å²) >= 11 is 0. The number of rotatable bonds is 3. The number of benzene rings is 1. The highest BCUT2D eigenvalue weighted by Gasteiger charge is 2.52. The summed E-state index contributed by atoms with van der Waals surface area (Å²) in [6, 6.07) is 3.44. The minimum absolute atomic E-state index is 0.0196. The molecule has 1 unspecified atom stereocenters. The van der Waals surface area contributed by atoms with Crippen molar-refractivity contribution in [1.29, 1.82) is 0 Å². The van der Waals surface area contributed by atoms with Gasteiger partial charge in [-0.05, 0) is 48.1 Å². The maximum atomic E-state index is 13.1. The van der Waals surface area contributed by atoms with E-state index < -0.39 is 5.97 Å². The summed E-state index contributed by atoms with van der Waals surface area (Å²) in [6.07, 6.45) is 3.64. The first-order valence-corrected chi connectivity index (χ1v) is 9.39. The molecular weight excluding hydrogens is 328 g/mol. The van der Waals surface area contributed by atoms with Crippen molar-refractivity contribution in [2.45, 2.75) is 58.8 Å². The second-order valence-electron chi connectivity index (χ2n) is 8.52. The van der Waals surface area contributed by atoms with Crippen LogP contribution in [0.3, 0.4) is 0 Å². The summed E-state index contributed by atoms with van der Waals surface area (Å²) in [6.45, 7) is 12.5. The van der Waals surface area contributed by atoms with Crippen molar-refractivity contribution in [2.24, 2.45) is 11.3 Å². The second kappa shape index (κ2) is 6.26. The Morgan fingerprint density at radius 3 is 2.65 bits per heavy atom. The molecule has 3 rings (SSSR count). The molecule has 4 heteroatoms. The van der Waals surface area contributed by atoms with Crippen LogP contribution in [-0.4, -0.2) is 23.5 Å². The van der Waals surface area contributed by atoms with Crippen LogP contribution < -0.4 is 0 Å². The normalized spacial score (nSPS) is 26.6. The van der Waals surface area contributed by atoms with Crippen molar-refractivity contribution in [3.8, 4) is 5.75 Å². The number of Topliss-reactive ketones (excluding diaryl/α,β-unsaturated/α-hetero) is 1. The number of phenols is 1. The van der Waals surface area contributed by atoms with E-state index in [0.717, 1.165) is 24.8 Å². The molecule has 0 spiro atoms. The van der Waals surface area contributed by atoms with Gasteiger partial charge < -0.3 is 9.84 Å². The number of hydrogen-bond acceptors (Lipinski definition) is 4. The van der Waals surface area contributed by atoms with Crippen LogP contribution in [0, 0.1) is 11.3 Å². The van der Waals surface area contributed by atoms with Gasteiger partial charge >= 0.3 is 5.97 Å². The third-order valence-electron chi connectivity index (χ3n) is 6.52. The zero-order valence-corrected chi connectivity index (χ0v) is 16.1. The summed E-state index contributed by atoms with van der Waals surface area (Å²) in [4.78, 5) is 25.3. The molecule has 0 aliphatic heterocycles. The van der Waals surface area contributed by atoms with E-state index >= 15 is 0 Å². The van der Waals surface area contributed by atoms with E-state index in [1.807, 2.05) is 6.07 Å². The van der Waals surface area contributed by atoms with Gasteiger partial charge in [-0.2, -0.15) is 0 Å². The average molecular weight is 356 g/mol. The van der Waals surface area contributed by atoms with Crippen molar-refractivity contribution < 1.29 is 19.4 Å². The Bertz CT molecular complexity index is 790. The highest BCUT2D eigenvalue weighted by atomic mass is 16.5. The smallest absolute Gasteiger partial charge is 0.338 e. The first kappa shape index (κ1) is 18.7. The number of phenolic OH excluding ortho intramolecular Hbond substituents is 1. The molecule has 2 aliphatic rings. The zero-order chi connectivity index (χ0) is 19.3. The first-order valence-electron chi connectivity index (χ1n) is 9.39. The molecule has 4 nitrogen and oxygen atoms in total. The number of carbonyl (C=O) groups is 2. The van der Waals surface area contributed by atoms with Gasteiger partial charge in [0.2, 0.25) is 0 Å². The van der Waals surface area contributed by atoms with Gasteiger partial charge in [-0.15, -0.1) is 0 Å². The fraction of sp³-hybridized carbons (Fsp3) is 0.545. The maximum absolute atomic E-state index is 13.1. The van der Waals surface area contributed by atoms with E-state index in [1.54, 1.807) is 13.0 Å². The Balaban J connectivity index is 2.20. The van der Waals surface area contributed by atoms with Crippen LogP contribution in [0.1, 0.15) is 74.9 Å². The third kappa shape index (κ3) is 2.67. The predicted octanol–water partition coefficient (Wildman–Crippen LogP) is 4.64. The Morgan fingerprint density at radius 1 is 1.31 bits per heavy atom. The van der Waals surface area contributed by atoms with Crippen molar-refractivity contribution in [3.05, 3.63) is 35.4 Å². The maximum Gasteiger partial charge on any atom is 0.338 e. The summed E-state index contributed by atoms with van der Waals surface area (Å²) < 4.78 is 5.04. The molecule has 0 radical (unpaired) electrons. The molecular formula is C22H28O4. The Morgan fingerprint density at radius 2 is 2.00 bits per heavy atom. The van der Waals surface area contributed by atoms with Crippen molar-refractivity contribution in [1.82, 2.24) is 0 Å². The molecule has 1 aromatic carbocycles. The molecule has 0 heterocycles. The van der Waals surface area contributed by atoms with Gasteiger partial charge in [0.25, 0.3) is 0 Å². The standard InChI is InChI=1S/C22H28O4/c1-6-26-20(25)13(2)18-15(23)9-8-14-19(18)16(24)12-17-21(3,4)10-7-11-22(14,17)5/h8-9,17,23H,2,6-7,10-12H2,1,3-5H3/t17?,22-/m1/s1. The van der Waals surface area contributed by atoms with Crippen molar-refractivity contribution in [2.75, 3.05) is 6.61 Å². The SMILES string of the molecule is C=C(C(=O)OCC)c1c(O)ccc2c1C(=O)CC1C(C)(C)CCC[C@]21C. The number of carbonyl (C=O) groups excluding carboxylic acids is 2. The first-order chi connectivity index (χ1) is 12.1. The third-order valence-corrected chi connectivity index (χ3v) is 6.52. The summed E-state index contributed by atoms with van der Waals surface area (Å²) in [5, 5.41) is 10.4. The van der Waals surface area contributed by atoms with E-state index in [9.17, 15) is 14.7 Å². The minimum atomic E-state index is -0.597. The molecule has 0 bridgehead atoms. The number of ether oxygens (including phenoxy) is 1. The summed E-state index contributed by atoms with van der Waals surface area (Å²) in [5.74, 6) is -0.460. The fourth-order valence-corrected chi connectivity index (χ4v) is 5.22. The molecule has 1 saturated carbocycles. The van der Waals surface area contributed by atoms with Crippen LogP contribution in [-0.2, 0) is 14.9 Å². The number of hydrogen-bond donors (Lipinski definition) is 1. The number of fused-ring (bicyclic) bond motifs is 3. The van der Waals surface area contributed by atoms with Crippen LogP contribution >= 0.6 is 0 Å². The van der Waals surface area contributed by atoms with Crippen molar-refractivity contribution in [3.63, 3.8) is 0 Å². The van der Waals surface area contributed by atoms with E-state index in [1.165, 1.54) is 0 Å². The Labute approximate surface area is 155 Å². The van der Waals surface area contributed by atoms with Crippen LogP contribution in [0.2, 0.25) is 0 Å². The van der Waals surface area contributed by atoms with Gasteiger partial charge in [-0.1, -0.05) is 39.8 Å². The molecule has 0 amide bonds. The zero-order valence-electron chi connectivity index (χ0n) is 16.1. The number of aromatic hydroxyl groups is 1. The van der Waals surface area contributed by atoms with E-state index in [2.05, 4.69) is 27.4 Å². The van der Waals surface area contributed by atoms with Gasteiger partial charge in [0.1, 0.15) is 5.75 Å². The molecule has 2 atom stereocenters. The molecule has 26 heavy (non-hydrogen) atoms. The lowest BCUT2D eigenvalue weighted by atomic mass is 9.50. The molecule has 2 aliphatic carbocycles. The van der Waals surface area contributed by atoms with Crippen LogP contribution in [0.25, 0.3) is 5.57 Å². The largest absolute Gasteiger partial charge is 0.507 e. The Kier molecular flexibility index (Phi) is 4.50. The lowest BCUT2D eigenvalue weighted by Gasteiger charge is -2.54. The predicted molar refractivity (Wildman–Crippen MR) is 101 cm³/mol. The molecule has 1 aromatic rings. The van der Waals surface area contributed by atoms with Crippen LogP contribution in [0.5, 0.6) is 5.75 Å². The molecule has 140 valence electrons. The highest BCUT2D eigenvalue weighted by molar-refractivity contribution is 6.20. The van der Waals surface area contributed by atoms with Gasteiger partial charge in [0.15, 0.2) is 5.78 Å². The second-order valence-corrected chi connectivity index (χ2v) is 8.52. The molecule has 0 saturated heterocycles. The van der Waals surface area contributed by atoms with Gasteiger partial charge in [0, 0.05) is 17.5 Å². The Hall–Kier alpha value is -2.10. The van der Waals surface area contributed by atoms with Crippen molar-refractivity contribution >= 4 is 17.3 Å². The lowest BCUT2D eigenvalue weighted by molar-refractivity contribution is -0.136. The van der Waals surface area contributed by atoms with Crippen LogP contribution in [0.4, 0.5) is 0 Å². The number of esters is 1. The quantitative estimate of drug-likeness (QED) is 0.633. The lowest BCUT2D eigenvalue weighted by Crippen LogP contribution is -2.49. The van der Waals surface area contributed by atoms with E-state index in [0.29, 0.717) is 12.0 Å².